The van der Waals surface area contributed by atoms with E-state index in [-0.39, 0.29) is 29.3 Å². The van der Waals surface area contributed by atoms with Crippen molar-refractivity contribution in [1.82, 2.24) is 9.80 Å². The maximum absolute atomic E-state index is 13.5. The second-order valence-electron chi connectivity index (χ2n) is 11.4. The van der Waals surface area contributed by atoms with Gasteiger partial charge in [-0.3, -0.25) is 14.5 Å². The molecule has 2 aliphatic heterocycles. The zero-order chi connectivity index (χ0) is 35.5. The van der Waals surface area contributed by atoms with E-state index >= 15 is 0 Å². The molecule has 2 atom stereocenters. The maximum Gasteiger partial charge on any atom is 0.490 e. The minimum Gasteiger partial charge on any atom is -0.478 e. The number of nitrogens with one attached hydrogen (secondary N) is 1. The molecule has 2 saturated heterocycles. The lowest BCUT2D eigenvalue weighted by Crippen LogP contribution is -2.47. The summed E-state index contributed by atoms with van der Waals surface area (Å²) in [5.41, 5.74) is 6.54. The van der Waals surface area contributed by atoms with Crippen molar-refractivity contribution in [3.05, 3.63) is 29.8 Å². The highest BCUT2D eigenvalue weighted by atomic mass is 19.4. The summed E-state index contributed by atoms with van der Waals surface area (Å²) >= 11 is 0. The number of nitrogens with two attached hydrogens (primary N) is 1. The van der Waals surface area contributed by atoms with Crippen LogP contribution in [0.15, 0.2) is 24.3 Å². The van der Waals surface area contributed by atoms with Gasteiger partial charge in [0.25, 0.3) is 0 Å². The highest BCUT2D eigenvalue weighted by Crippen LogP contribution is 2.33. The summed E-state index contributed by atoms with van der Waals surface area (Å²) in [5, 5.41) is 26.3. The molecule has 2 amide bonds. The second-order valence-corrected chi connectivity index (χ2v) is 11.4. The number of piperidine rings is 1. The van der Waals surface area contributed by atoms with Crippen LogP contribution in [-0.4, -0.2) is 105 Å². The molecule has 3 aliphatic rings. The third-order valence-corrected chi connectivity index (χ3v) is 8.19. The van der Waals surface area contributed by atoms with Crippen molar-refractivity contribution in [2.24, 2.45) is 17.6 Å². The van der Waals surface area contributed by atoms with Crippen LogP contribution in [0.25, 0.3) is 0 Å². The number of likely N-dealkylation sites (tertiary alicyclic amines) is 2. The first kappa shape index (κ1) is 39.2. The van der Waals surface area contributed by atoms with E-state index in [2.05, 4.69) is 10.2 Å². The van der Waals surface area contributed by atoms with Crippen molar-refractivity contribution in [3.63, 3.8) is 0 Å². The Hall–Kier alpha value is -3.93. The SMILES string of the molecule is NCC1CCC(C(=O)N2C[C@@H](N3CCCCC3)C[C@H]2C(=O)Nc2ccc(C(=O)O)cc2)CC1.O=C(O)C(F)(F)F.O=C(O)C(F)(F)F. The van der Waals surface area contributed by atoms with Crippen LogP contribution in [0.1, 0.15) is 61.7 Å². The molecule has 264 valence electrons. The number of carbonyl (C=O) groups excluding carboxylic acids is 2. The molecule has 2 heterocycles. The first-order valence-corrected chi connectivity index (χ1v) is 14.8. The van der Waals surface area contributed by atoms with E-state index < -0.39 is 36.3 Å². The number of benzene rings is 1. The molecule has 0 unspecified atom stereocenters. The van der Waals surface area contributed by atoms with Crippen LogP contribution >= 0.6 is 0 Å². The van der Waals surface area contributed by atoms with Gasteiger partial charge in [0, 0.05) is 24.2 Å². The Morgan fingerprint density at radius 3 is 1.72 bits per heavy atom. The Balaban J connectivity index is 0.000000459. The number of halogens is 6. The maximum atomic E-state index is 13.5. The third kappa shape index (κ3) is 12.3. The van der Waals surface area contributed by atoms with E-state index in [1.807, 2.05) is 4.90 Å². The molecule has 0 bridgehead atoms. The molecule has 1 saturated carbocycles. The van der Waals surface area contributed by atoms with Gasteiger partial charge in [-0.1, -0.05) is 6.42 Å². The number of amides is 2. The highest BCUT2D eigenvalue weighted by molar-refractivity contribution is 5.98. The summed E-state index contributed by atoms with van der Waals surface area (Å²) in [6.45, 7) is 3.33. The zero-order valence-corrected chi connectivity index (χ0v) is 25.2. The molecule has 18 heteroatoms. The van der Waals surface area contributed by atoms with Crippen molar-refractivity contribution >= 4 is 35.4 Å². The largest absolute Gasteiger partial charge is 0.490 e. The van der Waals surface area contributed by atoms with Gasteiger partial charge in [-0.05, 0) is 94.8 Å². The van der Waals surface area contributed by atoms with Crippen LogP contribution in [0.4, 0.5) is 32.0 Å². The van der Waals surface area contributed by atoms with E-state index in [0.29, 0.717) is 31.1 Å². The van der Waals surface area contributed by atoms with Gasteiger partial charge in [-0.2, -0.15) is 26.3 Å². The molecular formula is C29H38F6N4O8. The van der Waals surface area contributed by atoms with Crippen molar-refractivity contribution in [2.45, 2.75) is 75.8 Å². The van der Waals surface area contributed by atoms with Gasteiger partial charge in [0.2, 0.25) is 11.8 Å². The summed E-state index contributed by atoms with van der Waals surface area (Å²) in [4.78, 5) is 60.0. The number of carboxylic acid groups (broad SMARTS) is 3. The Kier molecular flexibility index (Phi) is 14.4. The Morgan fingerprint density at radius 2 is 1.30 bits per heavy atom. The monoisotopic (exact) mass is 684 g/mol. The fourth-order valence-corrected chi connectivity index (χ4v) is 5.66. The second kappa shape index (κ2) is 17.3. The minimum atomic E-state index is -5.08. The number of anilines is 1. The number of carboxylic acids is 3. The number of aromatic carboxylic acids is 1. The van der Waals surface area contributed by atoms with Crippen LogP contribution in [-0.2, 0) is 19.2 Å². The first-order chi connectivity index (χ1) is 21.8. The average Bonchev–Trinajstić information content (AvgIpc) is 3.47. The van der Waals surface area contributed by atoms with Crippen LogP contribution in [0.2, 0.25) is 0 Å². The fraction of sp³-hybridized carbons (Fsp3) is 0.621. The lowest BCUT2D eigenvalue weighted by atomic mass is 9.81. The topological polar surface area (TPSA) is 191 Å². The van der Waals surface area contributed by atoms with Gasteiger partial charge in [-0.25, -0.2) is 14.4 Å². The molecule has 6 N–H and O–H groups in total. The number of aliphatic carboxylic acids is 2. The lowest BCUT2D eigenvalue weighted by Gasteiger charge is -2.33. The summed E-state index contributed by atoms with van der Waals surface area (Å²) in [5.74, 6) is -6.14. The van der Waals surface area contributed by atoms with Crippen molar-refractivity contribution in [2.75, 3.05) is 31.5 Å². The predicted octanol–water partition coefficient (Wildman–Crippen LogP) is 3.81. The van der Waals surface area contributed by atoms with E-state index in [1.54, 1.807) is 12.1 Å². The molecule has 1 aromatic carbocycles. The third-order valence-electron chi connectivity index (χ3n) is 8.19. The van der Waals surface area contributed by atoms with Gasteiger partial charge in [-0.15, -0.1) is 0 Å². The smallest absolute Gasteiger partial charge is 0.478 e. The molecule has 1 aliphatic carbocycles. The number of hydrogen-bond acceptors (Lipinski definition) is 7. The summed E-state index contributed by atoms with van der Waals surface area (Å²) in [6, 6.07) is 5.84. The Labute approximate surface area is 265 Å². The number of alkyl halides is 6. The van der Waals surface area contributed by atoms with Gasteiger partial charge in [0.1, 0.15) is 6.04 Å². The molecule has 0 radical (unpaired) electrons. The van der Waals surface area contributed by atoms with Gasteiger partial charge < -0.3 is 31.3 Å². The zero-order valence-electron chi connectivity index (χ0n) is 25.2. The van der Waals surface area contributed by atoms with E-state index in [4.69, 9.17) is 30.6 Å². The fourth-order valence-electron chi connectivity index (χ4n) is 5.66. The normalized spacial score (nSPS) is 23.3. The van der Waals surface area contributed by atoms with Crippen molar-refractivity contribution in [3.8, 4) is 0 Å². The van der Waals surface area contributed by atoms with Gasteiger partial charge in [0.15, 0.2) is 0 Å². The van der Waals surface area contributed by atoms with Crippen molar-refractivity contribution in [1.29, 1.82) is 0 Å². The van der Waals surface area contributed by atoms with E-state index in [0.717, 1.165) is 38.8 Å². The van der Waals surface area contributed by atoms with Gasteiger partial charge >= 0.3 is 30.3 Å². The quantitative estimate of drug-likeness (QED) is 0.276. The standard InChI is InChI=1S/C25H36N4O4.2C2HF3O2/c26-15-17-4-6-18(7-5-17)24(31)29-16-21(28-12-2-1-3-13-28)14-22(29)23(30)27-20-10-8-19(9-11-20)25(32)33;2*3-2(4,5)1(6)7/h8-11,17-18,21-22H,1-7,12-16,26H2,(H,27,30)(H,32,33);2*(H,6,7)/t17?,18?,21-,22-;;/m0../s1. The molecule has 1 aromatic rings. The summed E-state index contributed by atoms with van der Waals surface area (Å²) in [7, 11) is 0. The molecule has 0 aromatic heterocycles. The molecule has 47 heavy (non-hydrogen) atoms. The predicted molar refractivity (Wildman–Crippen MR) is 153 cm³/mol. The average molecular weight is 685 g/mol. The molecule has 3 fully saturated rings. The van der Waals surface area contributed by atoms with E-state index in [9.17, 15) is 40.7 Å². The highest BCUT2D eigenvalue weighted by Gasteiger charge is 2.44. The number of nitrogens with zero attached hydrogens (tertiary/aromatic N) is 2. The van der Waals surface area contributed by atoms with Crippen LogP contribution in [0.3, 0.4) is 0 Å². The molecule has 0 spiro atoms. The number of hydrogen-bond donors (Lipinski definition) is 5. The Morgan fingerprint density at radius 1 is 0.809 bits per heavy atom. The molecular weight excluding hydrogens is 646 g/mol. The summed E-state index contributed by atoms with van der Waals surface area (Å²) in [6.07, 6.45) is -2.31. The van der Waals surface area contributed by atoms with E-state index in [1.165, 1.54) is 31.4 Å². The summed E-state index contributed by atoms with van der Waals surface area (Å²) < 4.78 is 63.5. The van der Waals surface area contributed by atoms with Crippen LogP contribution in [0, 0.1) is 11.8 Å². The first-order valence-electron chi connectivity index (χ1n) is 14.8. The van der Waals surface area contributed by atoms with Crippen LogP contribution in [0.5, 0.6) is 0 Å². The molecule has 4 rings (SSSR count). The van der Waals surface area contributed by atoms with Crippen LogP contribution < -0.4 is 11.1 Å². The lowest BCUT2D eigenvalue weighted by molar-refractivity contribution is -0.193. The Bertz CT molecular complexity index is 1210. The minimum absolute atomic E-state index is 0.0296. The van der Waals surface area contributed by atoms with Gasteiger partial charge in [0.05, 0.1) is 5.56 Å². The number of rotatable bonds is 6. The number of carbonyl (C=O) groups is 5. The molecule has 12 nitrogen and oxygen atoms in total. The van der Waals surface area contributed by atoms with Crippen molar-refractivity contribution < 1.29 is 65.6 Å².